The van der Waals surface area contributed by atoms with Gasteiger partial charge >= 0.3 is 6.18 Å². The summed E-state index contributed by atoms with van der Waals surface area (Å²) in [5.41, 5.74) is -0.454. The number of allylic oxidation sites excluding steroid dienone is 2. The van der Waals surface area contributed by atoms with Gasteiger partial charge in [-0.3, -0.25) is 9.59 Å². The first-order chi connectivity index (χ1) is 12.7. The Balaban J connectivity index is 2.04. The monoisotopic (exact) mass is 438 g/mol. The third-order valence-electron chi connectivity index (χ3n) is 3.49. The van der Waals surface area contributed by atoms with Crippen molar-refractivity contribution in [3.63, 3.8) is 0 Å². The van der Waals surface area contributed by atoms with Crippen molar-refractivity contribution in [1.29, 1.82) is 0 Å². The number of ketones is 2. The zero-order valence-corrected chi connectivity index (χ0v) is 15.4. The van der Waals surface area contributed by atoms with Crippen LogP contribution < -0.4 is 0 Å². The van der Waals surface area contributed by atoms with Gasteiger partial charge in [0, 0.05) is 4.47 Å². The van der Waals surface area contributed by atoms with Crippen LogP contribution in [0.2, 0.25) is 0 Å². The maximum Gasteiger partial charge on any atom is 0.416 e. The van der Waals surface area contributed by atoms with Crippen LogP contribution in [0.5, 0.6) is 5.75 Å². The standard InChI is InChI=1S/C20H14BrF3O3/c21-19-10-9-15(25)11-14(19)6-8-17(27)12-16(26)7-5-13-3-1-2-4-18(13)20(22,23)24/h1-11,25H,12H2. The number of carbonyl (C=O) groups excluding carboxylic acids is 2. The van der Waals surface area contributed by atoms with Crippen molar-refractivity contribution >= 4 is 39.6 Å². The fourth-order valence-electron chi connectivity index (χ4n) is 2.21. The van der Waals surface area contributed by atoms with Crippen LogP contribution in [0.3, 0.4) is 0 Å². The first-order valence-electron chi connectivity index (χ1n) is 7.73. The minimum Gasteiger partial charge on any atom is -0.508 e. The van der Waals surface area contributed by atoms with Gasteiger partial charge in [0.1, 0.15) is 5.75 Å². The van der Waals surface area contributed by atoms with Gasteiger partial charge in [0.2, 0.25) is 0 Å². The Morgan fingerprint density at radius 1 is 0.963 bits per heavy atom. The first-order valence-corrected chi connectivity index (χ1v) is 8.52. The molecule has 140 valence electrons. The van der Waals surface area contributed by atoms with Crippen LogP contribution >= 0.6 is 15.9 Å². The molecule has 0 spiro atoms. The summed E-state index contributed by atoms with van der Waals surface area (Å²) in [4.78, 5) is 23.7. The smallest absolute Gasteiger partial charge is 0.416 e. The molecule has 0 heterocycles. The largest absolute Gasteiger partial charge is 0.508 e. The van der Waals surface area contributed by atoms with Crippen LogP contribution in [0.15, 0.2) is 59.1 Å². The van der Waals surface area contributed by atoms with E-state index in [1.54, 1.807) is 6.07 Å². The molecular formula is C20H14BrF3O3. The van der Waals surface area contributed by atoms with Crippen LogP contribution in [0.25, 0.3) is 12.2 Å². The molecule has 0 aliphatic carbocycles. The molecule has 0 radical (unpaired) electrons. The van der Waals surface area contributed by atoms with Crippen molar-refractivity contribution in [3.05, 3.63) is 75.8 Å². The number of carbonyl (C=O) groups is 2. The van der Waals surface area contributed by atoms with E-state index in [9.17, 15) is 27.9 Å². The van der Waals surface area contributed by atoms with E-state index in [0.717, 1.165) is 18.2 Å². The van der Waals surface area contributed by atoms with E-state index >= 15 is 0 Å². The number of hydrogen-bond donors (Lipinski definition) is 1. The van der Waals surface area contributed by atoms with E-state index in [-0.39, 0.29) is 11.3 Å². The lowest BCUT2D eigenvalue weighted by molar-refractivity contribution is -0.137. The van der Waals surface area contributed by atoms with Crippen LogP contribution in [-0.4, -0.2) is 16.7 Å². The Kier molecular flexibility index (Phi) is 6.74. The fourth-order valence-corrected chi connectivity index (χ4v) is 2.59. The predicted molar refractivity (Wildman–Crippen MR) is 99.9 cm³/mol. The minimum atomic E-state index is -4.53. The van der Waals surface area contributed by atoms with Gasteiger partial charge in [-0.1, -0.05) is 46.3 Å². The van der Waals surface area contributed by atoms with Gasteiger partial charge < -0.3 is 5.11 Å². The normalized spacial score (nSPS) is 12.0. The first kappa shape index (κ1) is 20.6. The molecule has 0 atom stereocenters. The number of alkyl halides is 3. The third-order valence-corrected chi connectivity index (χ3v) is 4.21. The molecule has 2 rings (SSSR count). The van der Waals surface area contributed by atoms with Crippen LogP contribution in [0, 0.1) is 0 Å². The molecule has 1 N–H and O–H groups in total. The summed E-state index contributed by atoms with van der Waals surface area (Å²) in [5.74, 6) is -1.10. The van der Waals surface area contributed by atoms with Crippen molar-refractivity contribution in [2.24, 2.45) is 0 Å². The zero-order valence-electron chi connectivity index (χ0n) is 13.8. The number of phenols is 1. The summed E-state index contributed by atoms with van der Waals surface area (Å²) >= 11 is 3.26. The van der Waals surface area contributed by atoms with Crippen LogP contribution in [-0.2, 0) is 15.8 Å². The second kappa shape index (κ2) is 8.81. The number of halogens is 4. The number of benzene rings is 2. The van der Waals surface area contributed by atoms with Gasteiger partial charge in [-0.25, -0.2) is 0 Å². The zero-order chi connectivity index (χ0) is 20.0. The lowest BCUT2D eigenvalue weighted by Crippen LogP contribution is -2.07. The highest BCUT2D eigenvalue weighted by molar-refractivity contribution is 9.10. The molecule has 0 bridgehead atoms. The van der Waals surface area contributed by atoms with E-state index in [0.29, 0.717) is 10.0 Å². The number of phenolic OH excluding ortho intramolecular Hbond substituents is 1. The lowest BCUT2D eigenvalue weighted by Gasteiger charge is -2.09. The molecule has 7 heteroatoms. The lowest BCUT2D eigenvalue weighted by atomic mass is 10.1. The maximum absolute atomic E-state index is 12.9. The van der Waals surface area contributed by atoms with E-state index in [2.05, 4.69) is 15.9 Å². The SMILES string of the molecule is O=C(C=Cc1cc(O)ccc1Br)CC(=O)C=Cc1ccccc1C(F)(F)F. The Morgan fingerprint density at radius 3 is 2.19 bits per heavy atom. The molecule has 0 amide bonds. The molecule has 2 aromatic carbocycles. The van der Waals surface area contributed by atoms with Crippen molar-refractivity contribution < 1.29 is 27.9 Å². The highest BCUT2D eigenvalue weighted by Gasteiger charge is 2.32. The molecule has 0 aliphatic rings. The van der Waals surface area contributed by atoms with Gasteiger partial charge in [0.15, 0.2) is 11.6 Å². The number of rotatable bonds is 6. The number of aromatic hydroxyl groups is 1. The molecular weight excluding hydrogens is 425 g/mol. The van der Waals surface area contributed by atoms with Gasteiger partial charge in [-0.05, 0) is 47.5 Å². The van der Waals surface area contributed by atoms with Gasteiger partial charge in [0.05, 0.1) is 12.0 Å². The summed E-state index contributed by atoms with van der Waals surface area (Å²) in [5, 5.41) is 9.42. The summed E-state index contributed by atoms with van der Waals surface area (Å²) in [6, 6.07) is 9.36. The van der Waals surface area contributed by atoms with Crippen molar-refractivity contribution in [3.8, 4) is 5.75 Å². The predicted octanol–water partition coefficient (Wildman–Crippen LogP) is 5.43. The molecule has 0 saturated carbocycles. The molecule has 0 aliphatic heterocycles. The minimum absolute atomic E-state index is 0.0210. The second-order valence-corrected chi connectivity index (χ2v) is 6.42. The van der Waals surface area contributed by atoms with Crippen LogP contribution in [0.1, 0.15) is 23.1 Å². The molecule has 27 heavy (non-hydrogen) atoms. The van der Waals surface area contributed by atoms with E-state index in [1.165, 1.54) is 42.5 Å². The maximum atomic E-state index is 12.9. The Hall–Kier alpha value is -2.67. The average Bonchev–Trinajstić information content (AvgIpc) is 2.60. The Labute approximate surface area is 162 Å². The summed E-state index contributed by atoms with van der Waals surface area (Å²) < 4.78 is 39.4. The average molecular weight is 439 g/mol. The molecule has 0 unspecified atom stereocenters. The fraction of sp³-hybridized carbons (Fsp3) is 0.100. The van der Waals surface area contributed by atoms with Crippen molar-refractivity contribution in [1.82, 2.24) is 0 Å². The summed E-state index contributed by atoms with van der Waals surface area (Å²) in [6.07, 6.45) is -0.389. The van der Waals surface area contributed by atoms with Gasteiger partial charge in [0.25, 0.3) is 0 Å². The van der Waals surface area contributed by atoms with Gasteiger partial charge in [-0.2, -0.15) is 13.2 Å². The van der Waals surface area contributed by atoms with Crippen molar-refractivity contribution in [2.45, 2.75) is 12.6 Å². The Morgan fingerprint density at radius 2 is 1.56 bits per heavy atom. The van der Waals surface area contributed by atoms with Gasteiger partial charge in [-0.15, -0.1) is 0 Å². The molecule has 2 aromatic rings. The van der Waals surface area contributed by atoms with Crippen LogP contribution in [0.4, 0.5) is 13.2 Å². The molecule has 0 saturated heterocycles. The second-order valence-electron chi connectivity index (χ2n) is 5.57. The summed E-state index contributed by atoms with van der Waals surface area (Å²) in [7, 11) is 0. The summed E-state index contributed by atoms with van der Waals surface area (Å²) in [6.45, 7) is 0. The third kappa shape index (κ3) is 6.21. The Bertz CT molecular complexity index is 915. The molecule has 0 fully saturated rings. The molecule has 0 aromatic heterocycles. The topological polar surface area (TPSA) is 54.4 Å². The highest BCUT2D eigenvalue weighted by Crippen LogP contribution is 2.32. The molecule has 3 nitrogen and oxygen atoms in total. The van der Waals surface area contributed by atoms with Crippen molar-refractivity contribution in [2.75, 3.05) is 0 Å². The van der Waals surface area contributed by atoms with E-state index in [1.807, 2.05) is 0 Å². The number of hydrogen-bond acceptors (Lipinski definition) is 3. The van der Waals surface area contributed by atoms with E-state index in [4.69, 9.17) is 0 Å². The quantitative estimate of drug-likeness (QED) is 0.483. The van der Waals surface area contributed by atoms with E-state index < -0.39 is 29.7 Å². The highest BCUT2D eigenvalue weighted by atomic mass is 79.9.